The third kappa shape index (κ3) is 2.87. The highest BCUT2D eigenvalue weighted by Gasteiger charge is 2.18. The van der Waals surface area contributed by atoms with E-state index in [1.165, 1.54) is 25.5 Å². The zero-order chi connectivity index (χ0) is 16.5. The summed E-state index contributed by atoms with van der Waals surface area (Å²) in [6.07, 6.45) is 8.52. The number of aromatic nitrogens is 4. The molecule has 0 radical (unpaired) electrons. The first-order chi connectivity index (χ1) is 11.7. The second-order valence-electron chi connectivity index (χ2n) is 6.29. The van der Waals surface area contributed by atoms with E-state index < -0.39 is 0 Å². The second-order valence-corrected chi connectivity index (χ2v) is 6.29. The van der Waals surface area contributed by atoms with E-state index in [-0.39, 0.29) is 0 Å². The van der Waals surface area contributed by atoms with Crippen molar-refractivity contribution in [2.45, 2.75) is 31.8 Å². The van der Waals surface area contributed by atoms with Crippen LogP contribution in [0.3, 0.4) is 0 Å². The van der Waals surface area contributed by atoms with Gasteiger partial charge in [-0.3, -0.25) is 0 Å². The minimum atomic E-state index is 0.518. The number of pyridine rings is 1. The van der Waals surface area contributed by atoms with Crippen molar-refractivity contribution in [1.29, 1.82) is 0 Å². The van der Waals surface area contributed by atoms with Gasteiger partial charge in [-0.25, -0.2) is 4.98 Å². The van der Waals surface area contributed by atoms with Crippen molar-refractivity contribution in [2.75, 3.05) is 10.6 Å². The molecule has 3 aromatic heterocycles. The molecule has 0 aliphatic heterocycles. The quantitative estimate of drug-likeness (QED) is 0.398. The maximum Gasteiger partial charge on any atom is 0.185 e. The fraction of sp³-hybridized carbons (Fsp3) is 0.312. The lowest BCUT2D eigenvalue weighted by atomic mass is 9.93. The molecule has 1 saturated carbocycles. The van der Waals surface area contributed by atoms with Crippen LogP contribution in [0.15, 0.2) is 36.8 Å². The first-order valence-electron chi connectivity index (χ1n) is 8.22. The number of nitrogens with zero attached hydrogens (tertiary/aromatic N) is 4. The Morgan fingerprint density at radius 1 is 1.42 bits per heavy atom. The van der Waals surface area contributed by atoms with E-state index in [0.29, 0.717) is 12.6 Å². The molecule has 24 heavy (non-hydrogen) atoms. The van der Waals surface area contributed by atoms with Gasteiger partial charge in [-0.2, -0.15) is 14.3 Å². The molecule has 0 unspecified atom stereocenters. The molecule has 3 heterocycles. The average Bonchev–Trinajstić information content (AvgIpc) is 2.90. The molecule has 0 aromatic carbocycles. The zero-order valence-corrected chi connectivity index (χ0v) is 13.6. The largest absolute Gasteiger partial charge is 0.619 e. The van der Waals surface area contributed by atoms with Crippen molar-refractivity contribution in [2.24, 2.45) is 0 Å². The summed E-state index contributed by atoms with van der Waals surface area (Å²) in [7, 11) is 2.00. The third-order valence-corrected chi connectivity index (χ3v) is 4.42. The Hall–Kier alpha value is -2.77. The number of nitrogens with one attached hydrogen (secondary N) is 2. The lowest BCUT2D eigenvalue weighted by Crippen LogP contribution is -2.28. The lowest BCUT2D eigenvalue weighted by Gasteiger charge is -2.27. The summed E-state index contributed by atoms with van der Waals surface area (Å²) < 4.78 is 2.61. The van der Waals surface area contributed by atoms with Gasteiger partial charge in [0.25, 0.3) is 0 Å². The number of fused-ring (bicyclic) bond motifs is 1. The Morgan fingerprint density at radius 3 is 3.04 bits per heavy atom. The van der Waals surface area contributed by atoms with E-state index in [4.69, 9.17) is 0 Å². The van der Waals surface area contributed by atoms with E-state index >= 15 is 0 Å². The van der Waals surface area contributed by atoms with Crippen molar-refractivity contribution in [3.8, 4) is 0 Å². The molecule has 122 valence electrons. The molecular formula is C16H19BN6O. The SMILES string of the molecule is Bc1cnn2c(NCc3ccc[n+]([O-])c3)cc(NC3CCC3)nc12. The Balaban J connectivity index is 1.62. The monoisotopic (exact) mass is 322 g/mol. The molecule has 0 amide bonds. The molecule has 2 N–H and O–H groups in total. The topological polar surface area (TPSA) is 81.2 Å². The average molecular weight is 322 g/mol. The smallest absolute Gasteiger partial charge is 0.185 e. The highest BCUT2D eigenvalue weighted by atomic mass is 16.5. The molecule has 0 spiro atoms. The Bertz CT molecular complexity index is 876. The second kappa shape index (κ2) is 6.03. The van der Waals surface area contributed by atoms with E-state index in [0.717, 1.165) is 33.0 Å². The van der Waals surface area contributed by atoms with Gasteiger partial charge in [-0.1, -0.05) is 0 Å². The number of rotatable bonds is 5. The van der Waals surface area contributed by atoms with E-state index in [9.17, 15) is 5.21 Å². The Kier molecular flexibility index (Phi) is 3.72. The molecular weight excluding hydrogens is 303 g/mol. The minimum Gasteiger partial charge on any atom is -0.619 e. The first kappa shape index (κ1) is 14.8. The number of hydrogen-bond donors (Lipinski definition) is 2. The first-order valence-corrected chi connectivity index (χ1v) is 8.22. The van der Waals surface area contributed by atoms with E-state index in [2.05, 4.69) is 20.7 Å². The van der Waals surface area contributed by atoms with Crippen molar-refractivity contribution < 1.29 is 4.73 Å². The summed E-state index contributed by atoms with van der Waals surface area (Å²) in [6, 6.07) is 6.16. The summed E-state index contributed by atoms with van der Waals surface area (Å²) in [5, 5.41) is 22.6. The molecule has 1 aliphatic rings. The van der Waals surface area contributed by atoms with Crippen LogP contribution in [0.2, 0.25) is 0 Å². The molecule has 7 nitrogen and oxygen atoms in total. The van der Waals surface area contributed by atoms with Crippen LogP contribution in [-0.4, -0.2) is 28.5 Å². The normalized spacial score (nSPS) is 14.5. The van der Waals surface area contributed by atoms with E-state index in [1.807, 2.05) is 26.2 Å². The van der Waals surface area contributed by atoms with Crippen LogP contribution in [0.5, 0.6) is 0 Å². The summed E-state index contributed by atoms with van der Waals surface area (Å²) in [6.45, 7) is 0.546. The van der Waals surface area contributed by atoms with Gasteiger partial charge in [0.15, 0.2) is 18.0 Å². The van der Waals surface area contributed by atoms with Crippen LogP contribution in [-0.2, 0) is 6.54 Å². The van der Waals surface area contributed by atoms with Crippen LogP contribution in [0, 0.1) is 5.21 Å². The maximum atomic E-state index is 11.4. The predicted molar refractivity (Wildman–Crippen MR) is 95.2 cm³/mol. The van der Waals surface area contributed by atoms with Crippen LogP contribution < -0.4 is 20.8 Å². The maximum absolute atomic E-state index is 11.4. The lowest BCUT2D eigenvalue weighted by molar-refractivity contribution is -0.605. The molecule has 0 saturated heterocycles. The Labute approximate surface area is 140 Å². The molecule has 0 bridgehead atoms. The van der Waals surface area contributed by atoms with Gasteiger partial charge in [-0.15, -0.1) is 0 Å². The van der Waals surface area contributed by atoms with Gasteiger partial charge >= 0.3 is 0 Å². The van der Waals surface area contributed by atoms with Crippen LogP contribution in [0.25, 0.3) is 5.65 Å². The number of anilines is 2. The van der Waals surface area contributed by atoms with Crippen molar-refractivity contribution in [1.82, 2.24) is 14.6 Å². The van der Waals surface area contributed by atoms with Gasteiger partial charge < -0.3 is 15.8 Å². The van der Waals surface area contributed by atoms with Crippen LogP contribution in [0.1, 0.15) is 24.8 Å². The van der Waals surface area contributed by atoms with Gasteiger partial charge in [0, 0.05) is 36.5 Å². The standard InChI is InChI=1S/C16H19BN6O/c17-13-9-19-23-15(18-8-11-3-2-6-22(24)10-11)7-14(21-16(13)23)20-12-4-1-5-12/h2-3,6-7,9-10,12,18H,1,4-5,8,17H2,(H,20,21). The van der Waals surface area contributed by atoms with Gasteiger partial charge in [0.2, 0.25) is 0 Å². The summed E-state index contributed by atoms with van der Waals surface area (Å²) in [4.78, 5) is 4.68. The molecule has 8 heteroatoms. The summed E-state index contributed by atoms with van der Waals surface area (Å²) >= 11 is 0. The highest BCUT2D eigenvalue weighted by Crippen LogP contribution is 2.24. The van der Waals surface area contributed by atoms with Crippen molar-refractivity contribution >= 4 is 30.6 Å². The van der Waals surface area contributed by atoms with Gasteiger partial charge in [-0.05, 0) is 30.8 Å². The van der Waals surface area contributed by atoms with Gasteiger partial charge in [0.05, 0.1) is 0 Å². The van der Waals surface area contributed by atoms with Crippen LogP contribution in [0.4, 0.5) is 11.6 Å². The van der Waals surface area contributed by atoms with E-state index in [1.54, 1.807) is 16.8 Å². The molecule has 3 aromatic rings. The minimum absolute atomic E-state index is 0.518. The van der Waals surface area contributed by atoms with Crippen LogP contribution >= 0.6 is 0 Å². The molecule has 1 aliphatic carbocycles. The zero-order valence-electron chi connectivity index (χ0n) is 13.6. The van der Waals surface area contributed by atoms with Gasteiger partial charge in [0.1, 0.15) is 19.5 Å². The highest BCUT2D eigenvalue weighted by molar-refractivity contribution is 6.36. The summed E-state index contributed by atoms with van der Waals surface area (Å²) in [5.41, 5.74) is 2.79. The number of hydrogen-bond acceptors (Lipinski definition) is 5. The van der Waals surface area contributed by atoms with Crippen molar-refractivity contribution in [3.05, 3.63) is 47.6 Å². The summed E-state index contributed by atoms with van der Waals surface area (Å²) in [5.74, 6) is 1.72. The molecule has 0 atom stereocenters. The third-order valence-electron chi connectivity index (χ3n) is 4.42. The fourth-order valence-electron chi connectivity index (χ4n) is 2.83. The molecule has 4 rings (SSSR count). The predicted octanol–water partition coefficient (Wildman–Crippen LogP) is 0.198. The molecule has 1 fully saturated rings. The Morgan fingerprint density at radius 2 is 2.29 bits per heavy atom. The van der Waals surface area contributed by atoms with Crippen molar-refractivity contribution in [3.63, 3.8) is 0 Å². The fourth-order valence-corrected chi connectivity index (χ4v) is 2.83.